The molecule has 1 aromatic heterocycles. The Balaban J connectivity index is 1.68. The lowest BCUT2D eigenvalue weighted by Gasteiger charge is -2.18. The summed E-state index contributed by atoms with van der Waals surface area (Å²) in [6, 6.07) is 16.9. The third kappa shape index (κ3) is 4.25. The molecule has 0 saturated carbocycles. The first-order valence-corrected chi connectivity index (χ1v) is 11.5. The Morgan fingerprint density at radius 2 is 1.87 bits per heavy atom. The molecule has 8 heteroatoms. The average molecular weight is 438 g/mol. The van der Waals surface area contributed by atoms with Gasteiger partial charge in [0, 0.05) is 18.4 Å². The summed E-state index contributed by atoms with van der Waals surface area (Å²) in [5.41, 5.74) is 2.63. The maximum atomic E-state index is 12.9. The van der Waals surface area contributed by atoms with Gasteiger partial charge in [-0.2, -0.15) is 5.10 Å². The first-order chi connectivity index (χ1) is 14.9. The number of aryl methyl sites for hydroxylation is 1. The number of amides is 1. The fourth-order valence-corrected chi connectivity index (χ4v) is 4.59. The van der Waals surface area contributed by atoms with E-state index in [9.17, 15) is 13.2 Å². The van der Waals surface area contributed by atoms with Crippen LogP contribution in [0.5, 0.6) is 0 Å². The smallest absolute Gasteiger partial charge is 0.261 e. The predicted octanol–water partition coefficient (Wildman–Crippen LogP) is 4.48. The number of para-hydroxylation sites is 1. The van der Waals surface area contributed by atoms with Crippen LogP contribution in [-0.2, 0) is 14.8 Å². The first-order valence-electron chi connectivity index (χ1n) is 10.0. The molecule has 0 bridgehead atoms. The molecule has 2 heterocycles. The number of nitrogens with zero attached hydrogens (tertiary/aromatic N) is 2. The Hall–Kier alpha value is -3.39. The number of hydrogen-bond acceptors (Lipinski definition) is 5. The summed E-state index contributed by atoms with van der Waals surface area (Å²) in [5, 5.41) is 5.98. The SMILES string of the molecule is CCC(=O)N1N=C(c2ccccc2NS(=O)(=O)c2ccc(C)cc2)CC1c1ccco1. The molecule has 1 unspecified atom stereocenters. The number of anilines is 1. The predicted molar refractivity (Wildman–Crippen MR) is 118 cm³/mol. The Kier molecular flexibility index (Phi) is 5.65. The molecule has 1 amide bonds. The number of benzene rings is 2. The molecule has 0 spiro atoms. The molecular formula is C23H23N3O4S. The van der Waals surface area contributed by atoms with E-state index < -0.39 is 10.0 Å². The maximum absolute atomic E-state index is 12.9. The second kappa shape index (κ2) is 8.39. The van der Waals surface area contributed by atoms with Gasteiger partial charge in [0.2, 0.25) is 5.91 Å². The molecule has 0 saturated heterocycles. The standard InChI is InChI=1S/C23H23N3O4S/c1-3-23(27)26-21(22-9-6-14-30-22)15-20(24-26)18-7-4-5-8-19(18)25-31(28,29)17-12-10-16(2)11-13-17/h4-14,21,25H,3,15H2,1-2H3. The van der Waals surface area contributed by atoms with Crippen molar-refractivity contribution in [2.75, 3.05) is 4.72 Å². The monoisotopic (exact) mass is 437 g/mol. The molecule has 0 fully saturated rings. The number of nitrogens with one attached hydrogen (secondary N) is 1. The van der Waals surface area contributed by atoms with Gasteiger partial charge >= 0.3 is 0 Å². The van der Waals surface area contributed by atoms with Gasteiger partial charge in [0.05, 0.1) is 22.6 Å². The van der Waals surface area contributed by atoms with E-state index in [0.29, 0.717) is 35.6 Å². The van der Waals surface area contributed by atoms with Gasteiger partial charge in [0.25, 0.3) is 10.0 Å². The topological polar surface area (TPSA) is 92.0 Å². The molecule has 3 aromatic rings. The fraction of sp³-hybridized carbons (Fsp3) is 0.217. The van der Waals surface area contributed by atoms with Crippen molar-refractivity contribution in [3.05, 3.63) is 83.8 Å². The summed E-state index contributed by atoms with van der Waals surface area (Å²) in [4.78, 5) is 12.7. The van der Waals surface area contributed by atoms with E-state index in [1.165, 1.54) is 5.01 Å². The fourth-order valence-electron chi connectivity index (χ4n) is 3.51. The van der Waals surface area contributed by atoms with Gasteiger partial charge < -0.3 is 4.42 Å². The Bertz CT molecular complexity index is 1220. The molecule has 1 N–H and O–H groups in total. The minimum absolute atomic E-state index is 0.130. The molecule has 0 radical (unpaired) electrons. The second-order valence-electron chi connectivity index (χ2n) is 7.34. The highest BCUT2D eigenvalue weighted by molar-refractivity contribution is 7.92. The zero-order valence-electron chi connectivity index (χ0n) is 17.3. The zero-order chi connectivity index (χ0) is 22.0. The van der Waals surface area contributed by atoms with Crippen molar-refractivity contribution in [1.29, 1.82) is 0 Å². The van der Waals surface area contributed by atoms with E-state index >= 15 is 0 Å². The normalized spacial score (nSPS) is 16.3. The summed E-state index contributed by atoms with van der Waals surface area (Å²) in [6.45, 7) is 3.68. The third-order valence-electron chi connectivity index (χ3n) is 5.15. The molecule has 7 nitrogen and oxygen atoms in total. The molecule has 1 aliphatic rings. The number of sulfonamides is 1. The van der Waals surface area contributed by atoms with Gasteiger partial charge in [-0.1, -0.05) is 42.8 Å². The van der Waals surface area contributed by atoms with E-state index in [1.807, 2.05) is 19.1 Å². The van der Waals surface area contributed by atoms with Crippen LogP contribution in [0.2, 0.25) is 0 Å². The minimum atomic E-state index is -3.78. The Morgan fingerprint density at radius 1 is 1.13 bits per heavy atom. The van der Waals surface area contributed by atoms with Gasteiger partial charge in [-0.05, 0) is 37.3 Å². The molecule has 1 atom stereocenters. The van der Waals surface area contributed by atoms with Gasteiger partial charge in [0.15, 0.2) is 0 Å². The summed E-state index contributed by atoms with van der Waals surface area (Å²) in [6.07, 6.45) is 2.28. The van der Waals surface area contributed by atoms with Crippen molar-refractivity contribution in [2.24, 2.45) is 5.10 Å². The van der Waals surface area contributed by atoms with Crippen LogP contribution in [-0.4, -0.2) is 25.0 Å². The van der Waals surface area contributed by atoms with Crippen LogP contribution in [0.25, 0.3) is 0 Å². The third-order valence-corrected chi connectivity index (χ3v) is 6.53. The number of carbonyl (C=O) groups excluding carboxylic acids is 1. The highest BCUT2D eigenvalue weighted by Crippen LogP contribution is 2.35. The van der Waals surface area contributed by atoms with Crippen molar-refractivity contribution in [3.63, 3.8) is 0 Å². The van der Waals surface area contributed by atoms with Crippen LogP contribution in [0, 0.1) is 6.92 Å². The Morgan fingerprint density at radius 3 is 2.55 bits per heavy atom. The molecule has 31 heavy (non-hydrogen) atoms. The number of hydrogen-bond donors (Lipinski definition) is 1. The summed E-state index contributed by atoms with van der Waals surface area (Å²) in [7, 11) is -3.78. The van der Waals surface area contributed by atoms with E-state index in [0.717, 1.165) is 5.56 Å². The second-order valence-corrected chi connectivity index (χ2v) is 9.02. The van der Waals surface area contributed by atoms with Gasteiger partial charge in [-0.3, -0.25) is 9.52 Å². The van der Waals surface area contributed by atoms with Crippen LogP contribution >= 0.6 is 0 Å². The Labute approximate surface area is 181 Å². The summed E-state index contributed by atoms with van der Waals surface area (Å²) >= 11 is 0. The average Bonchev–Trinajstić information content (AvgIpc) is 3.43. The minimum Gasteiger partial charge on any atom is -0.467 e. The van der Waals surface area contributed by atoms with E-state index in [1.54, 1.807) is 61.7 Å². The number of carbonyl (C=O) groups is 1. The van der Waals surface area contributed by atoms with Gasteiger partial charge in [-0.25, -0.2) is 13.4 Å². The van der Waals surface area contributed by atoms with Crippen LogP contribution in [0.4, 0.5) is 5.69 Å². The van der Waals surface area contributed by atoms with E-state index in [4.69, 9.17) is 4.42 Å². The van der Waals surface area contributed by atoms with Crippen molar-refractivity contribution in [3.8, 4) is 0 Å². The molecular weight excluding hydrogens is 414 g/mol. The van der Waals surface area contributed by atoms with Crippen molar-refractivity contribution in [2.45, 2.75) is 37.6 Å². The van der Waals surface area contributed by atoms with Gasteiger partial charge in [-0.15, -0.1) is 0 Å². The highest BCUT2D eigenvalue weighted by atomic mass is 32.2. The molecule has 0 aliphatic carbocycles. The lowest BCUT2D eigenvalue weighted by atomic mass is 10.0. The number of rotatable bonds is 6. The molecule has 4 rings (SSSR count). The quantitative estimate of drug-likeness (QED) is 0.616. The van der Waals surface area contributed by atoms with Crippen LogP contribution in [0.15, 0.2) is 81.3 Å². The summed E-state index contributed by atoms with van der Waals surface area (Å²) in [5.74, 6) is 0.507. The van der Waals surface area contributed by atoms with Crippen molar-refractivity contribution < 1.29 is 17.6 Å². The van der Waals surface area contributed by atoms with E-state index in [2.05, 4.69) is 9.82 Å². The lowest BCUT2D eigenvalue weighted by molar-refractivity contribution is -0.133. The van der Waals surface area contributed by atoms with Crippen LogP contribution < -0.4 is 4.72 Å². The number of furan rings is 1. The highest BCUT2D eigenvalue weighted by Gasteiger charge is 2.35. The van der Waals surface area contributed by atoms with Crippen molar-refractivity contribution in [1.82, 2.24) is 5.01 Å². The first kappa shape index (κ1) is 20.9. The maximum Gasteiger partial charge on any atom is 0.261 e. The van der Waals surface area contributed by atoms with Gasteiger partial charge in [0.1, 0.15) is 11.8 Å². The molecule has 2 aromatic carbocycles. The van der Waals surface area contributed by atoms with Crippen LogP contribution in [0.1, 0.15) is 42.7 Å². The lowest BCUT2D eigenvalue weighted by Crippen LogP contribution is -2.25. The number of hydrazone groups is 1. The van der Waals surface area contributed by atoms with E-state index in [-0.39, 0.29) is 16.8 Å². The van der Waals surface area contributed by atoms with Crippen molar-refractivity contribution >= 4 is 27.3 Å². The largest absolute Gasteiger partial charge is 0.467 e. The summed E-state index contributed by atoms with van der Waals surface area (Å²) < 4.78 is 34.0. The molecule has 1 aliphatic heterocycles. The molecule has 160 valence electrons. The van der Waals surface area contributed by atoms with Crippen LogP contribution in [0.3, 0.4) is 0 Å². The zero-order valence-corrected chi connectivity index (χ0v) is 18.1.